The molecule has 0 aromatic carbocycles. The summed E-state index contributed by atoms with van der Waals surface area (Å²) in [5.41, 5.74) is 4.43. The van der Waals surface area contributed by atoms with E-state index in [0.717, 1.165) is 6.07 Å². The zero-order chi connectivity index (χ0) is 13.0. The third kappa shape index (κ3) is 3.10. The highest BCUT2D eigenvalue weighted by molar-refractivity contribution is 6.31. The Bertz CT molecular complexity index is 427. The van der Waals surface area contributed by atoms with E-state index in [2.05, 4.69) is 9.72 Å². The maximum Gasteiger partial charge on any atom is 0.340 e. The van der Waals surface area contributed by atoms with Crippen LogP contribution in [0.15, 0.2) is 6.07 Å². The molecule has 2 N–H and O–H groups in total. The summed E-state index contributed by atoms with van der Waals surface area (Å²) in [6, 6.07) is 1.11. The van der Waals surface area contributed by atoms with Crippen LogP contribution in [0, 0.1) is 0 Å². The largest absolute Gasteiger partial charge is 0.462 e. The number of nitrogens with zero attached hydrogens (tertiary/aromatic N) is 1. The third-order valence-electron chi connectivity index (χ3n) is 1.97. The summed E-state index contributed by atoms with van der Waals surface area (Å²) in [6.07, 6.45) is -2.89. The number of aromatic nitrogens is 1. The first kappa shape index (κ1) is 13.8. The van der Waals surface area contributed by atoms with E-state index < -0.39 is 18.1 Å². The summed E-state index contributed by atoms with van der Waals surface area (Å²) in [5.74, 6) is -0.874. The second kappa shape index (κ2) is 5.88. The number of carbonyl (C=O) groups is 1. The number of rotatable bonds is 4. The molecule has 1 heterocycles. The van der Waals surface area contributed by atoms with Crippen LogP contribution in [0.3, 0.4) is 0 Å². The van der Waals surface area contributed by atoms with Gasteiger partial charge in [0.1, 0.15) is 5.69 Å². The molecule has 0 aliphatic heterocycles. The minimum absolute atomic E-state index is 0.0694. The first-order valence-electron chi connectivity index (χ1n) is 4.85. The number of hydrogen-bond acceptors (Lipinski definition) is 4. The Morgan fingerprint density at radius 3 is 2.76 bits per heavy atom. The number of halogens is 3. The Hall–Kier alpha value is -1.27. The van der Waals surface area contributed by atoms with Gasteiger partial charge >= 0.3 is 5.97 Å². The fraction of sp³-hybridized carbons (Fsp3) is 0.400. The average molecular weight is 265 g/mol. The topological polar surface area (TPSA) is 65.2 Å². The third-order valence-corrected chi connectivity index (χ3v) is 2.30. The normalized spacial score (nSPS) is 10.7. The zero-order valence-electron chi connectivity index (χ0n) is 9.04. The van der Waals surface area contributed by atoms with E-state index in [9.17, 15) is 13.6 Å². The highest BCUT2D eigenvalue weighted by atomic mass is 35.5. The standard InChI is InChI=1S/C10H11ClF2N2O2/c1-2-17-10(16)5-3-6(11)7(4-14)15-8(5)9(12)13/h3,9H,2,4,14H2,1H3. The van der Waals surface area contributed by atoms with Crippen LogP contribution >= 0.6 is 11.6 Å². The van der Waals surface area contributed by atoms with Crippen molar-refractivity contribution in [2.75, 3.05) is 6.61 Å². The van der Waals surface area contributed by atoms with Crippen molar-refractivity contribution in [3.05, 3.63) is 28.0 Å². The molecule has 0 radical (unpaired) electrons. The maximum atomic E-state index is 12.7. The molecule has 17 heavy (non-hydrogen) atoms. The van der Waals surface area contributed by atoms with Gasteiger partial charge in [-0.2, -0.15) is 0 Å². The molecule has 7 heteroatoms. The molecular weight excluding hydrogens is 254 g/mol. The second-order valence-electron chi connectivity index (χ2n) is 3.07. The molecule has 0 bridgehead atoms. The van der Waals surface area contributed by atoms with Crippen molar-refractivity contribution in [2.24, 2.45) is 5.73 Å². The van der Waals surface area contributed by atoms with Gasteiger partial charge in [0.05, 0.1) is 22.9 Å². The predicted molar refractivity (Wildman–Crippen MR) is 58.1 cm³/mol. The van der Waals surface area contributed by atoms with Crippen molar-refractivity contribution in [3.63, 3.8) is 0 Å². The second-order valence-corrected chi connectivity index (χ2v) is 3.48. The maximum absolute atomic E-state index is 12.7. The number of alkyl halides is 2. The smallest absolute Gasteiger partial charge is 0.340 e. The summed E-state index contributed by atoms with van der Waals surface area (Å²) >= 11 is 5.76. The highest BCUT2D eigenvalue weighted by Gasteiger charge is 2.23. The van der Waals surface area contributed by atoms with Gasteiger partial charge in [-0.1, -0.05) is 11.6 Å². The Balaban J connectivity index is 3.27. The van der Waals surface area contributed by atoms with Crippen LogP contribution in [-0.2, 0) is 11.3 Å². The van der Waals surface area contributed by atoms with Crippen LogP contribution in [-0.4, -0.2) is 17.6 Å². The number of ether oxygens (including phenoxy) is 1. The molecule has 1 rings (SSSR count). The van der Waals surface area contributed by atoms with Crippen molar-refractivity contribution in [1.82, 2.24) is 4.98 Å². The molecule has 0 aliphatic rings. The van der Waals surface area contributed by atoms with Crippen LogP contribution in [0.5, 0.6) is 0 Å². The molecule has 94 valence electrons. The summed E-state index contributed by atoms with van der Waals surface area (Å²) in [7, 11) is 0. The Kier molecular flexibility index (Phi) is 4.77. The number of esters is 1. The van der Waals surface area contributed by atoms with Crippen molar-refractivity contribution >= 4 is 17.6 Å². The summed E-state index contributed by atoms with van der Waals surface area (Å²) < 4.78 is 30.1. The van der Waals surface area contributed by atoms with Gasteiger partial charge in [-0.3, -0.25) is 0 Å². The SMILES string of the molecule is CCOC(=O)c1cc(Cl)c(CN)nc1C(F)F. The number of nitrogens with two attached hydrogens (primary N) is 1. The molecule has 0 fully saturated rings. The molecule has 0 amide bonds. The molecule has 0 unspecified atom stereocenters. The van der Waals surface area contributed by atoms with Crippen LogP contribution in [0.25, 0.3) is 0 Å². The van der Waals surface area contributed by atoms with Gasteiger partial charge in [0.25, 0.3) is 6.43 Å². The van der Waals surface area contributed by atoms with Crippen molar-refractivity contribution in [3.8, 4) is 0 Å². The molecule has 1 aromatic heterocycles. The molecule has 4 nitrogen and oxygen atoms in total. The zero-order valence-corrected chi connectivity index (χ0v) is 9.80. The monoisotopic (exact) mass is 264 g/mol. The Morgan fingerprint density at radius 2 is 2.29 bits per heavy atom. The molecule has 0 spiro atoms. The molecule has 0 saturated carbocycles. The predicted octanol–water partition coefficient (Wildman–Crippen LogP) is 2.31. The first-order chi connectivity index (χ1) is 8.01. The lowest BCUT2D eigenvalue weighted by Gasteiger charge is -2.10. The quantitative estimate of drug-likeness (QED) is 0.848. The van der Waals surface area contributed by atoms with Gasteiger partial charge in [0.15, 0.2) is 0 Å². The van der Waals surface area contributed by atoms with Crippen LogP contribution in [0.2, 0.25) is 5.02 Å². The highest BCUT2D eigenvalue weighted by Crippen LogP contribution is 2.26. The summed E-state index contributed by atoms with van der Waals surface area (Å²) in [4.78, 5) is 15.0. The van der Waals surface area contributed by atoms with Gasteiger partial charge in [-0.15, -0.1) is 0 Å². The van der Waals surface area contributed by atoms with E-state index in [4.69, 9.17) is 17.3 Å². The molecule has 1 aromatic rings. The molecule has 0 atom stereocenters. The summed E-state index contributed by atoms with van der Waals surface area (Å²) in [5, 5.41) is 0.0694. The lowest BCUT2D eigenvalue weighted by atomic mass is 10.1. The van der Waals surface area contributed by atoms with Crippen molar-refractivity contribution < 1.29 is 18.3 Å². The van der Waals surface area contributed by atoms with Gasteiger partial charge in [-0.25, -0.2) is 18.6 Å². The fourth-order valence-corrected chi connectivity index (χ4v) is 1.45. The van der Waals surface area contributed by atoms with E-state index in [-0.39, 0.29) is 29.4 Å². The number of carbonyl (C=O) groups excluding carboxylic acids is 1. The minimum Gasteiger partial charge on any atom is -0.462 e. The Labute approximate surface area is 102 Å². The van der Waals surface area contributed by atoms with Crippen molar-refractivity contribution in [1.29, 1.82) is 0 Å². The number of hydrogen-bond donors (Lipinski definition) is 1. The average Bonchev–Trinajstić information content (AvgIpc) is 2.28. The molecule has 0 saturated heterocycles. The van der Waals surface area contributed by atoms with Crippen LogP contribution < -0.4 is 5.73 Å². The van der Waals surface area contributed by atoms with E-state index in [1.54, 1.807) is 6.92 Å². The lowest BCUT2D eigenvalue weighted by molar-refractivity contribution is 0.0513. The minimum atomic E-state index is -2.89. The van der Waals surface area contributed by atoms with E-state index in [1.807, 2.05) is 0 Å². The first-order valence-corrected chi connectivity index (χ1v) is 5.23. The number of pyridine rings is 1. The Morgan fingerprint density at radius 1 is 1.65 bits per heavy atom. The molecule has 0 aliphatic carbocycles. The van der Waals surface area contributed by atoms with Gasteiger partial charge in [-0.05, 0) is 13.0 Å². The van der Waals surface area contributed by atoms with Crippen LogP contribution in [0.4, 0.5) is 8.78 Å². The van der Waals surface area contributed by atoms with Crippen LogP contribution in [0.1, 0.15) is 35.1 Å². The van der Waals surface area contributed by atoms with Crippen molar-refractivity contribution in [2.45, 2.75) is 19.9 Å². The van der Waals surface area contributed by atoms with Gasteiger partial charge < -0.3 is 10.5 Å². The lowest BCUT2D eigenvalue weighted by Crippen LogP contribution is -2.13. The van der Waals surface area contributed by atoms with Gasteiger partial charge in [0.2, 0.25) is 0 Å². The van der Waals surface area contributed by atoms with E-state index in [0.29, 0.717) is 0 Å². The molecular formula is C10H11ClF2N2O2. The fourth-order valence-electron chi connectivity index (χ4n) is 1.22. The van der Waals surface area contributed by atoms with E-state index in [1.165, 1.54) is 0 Å². The summed E-state index contributed by atoms with van der Waals surface area (Å²) in [6.45, 7) is 1.57. The van der Waals surface area contributed by atoms with E-state index >= 15 is 0 Å². The van der Waals surface area contributed by atoms with Gasteiger partial charge in [0, 0.05) is 6.54 Å².